The van der Waals surface area contributed by atoms with Crippen LogP contribution < -0.4 is 5.32 Å². The van der Waals surface area contributed by atoms with E-state index in [-0.39, 0.29) is 11.3 Å². The molecule has 1 amide bonds. The fraction of sp³-hybridized carbons (Fsp3) is 0.917. The number of thiol groups is 1. The van der Waals surface area contributed by atoms with Gasteiger partial charge in [-0.2, -0.15) is 12.6 Å². The van der Waals surface area contributed by atoms with E-state index in [0.717, 1.165) is 18.7 Å². The quantitative estimate of drug-likeness (QED) is 0.697. The summed E-state index contributed by atoms with van der Waals surface area (Å²) in [6.07, 6.45) is 4.04. The molecule has 88 valence electrons. The van der Waals surface area contributed by atoms with Gasteiger partial charge < -0.3 is 5.32 Å². The molecule has 0 saturated heterocycles. The van der Waals surface area contributed by atoms with Gasteiger partial charge in [-0.25, -0.2) is 0 Å². The molecule has 0 aromatic carbocycles. The molecule has 1 N–H and O–H groups in total. The van der Waals surface area contributed by atoms with Crippen molar-refractivity contribution in [2.45, 2.75) is 46.5 Å². The topological polar surface area (TPSA) is 29.1 Å². The zero-order valence-corrected chi connectivity index (χ0v) is 11.0. The Bertz CT molecular complexity index is 228. The van der Waals surface area contributed by atoms with Crippen molar-refractivity contribution in [3.05, 3.63) is 0 Å². The van der Waals surface area contributed by atoms with Crippen molar-refractivity contribution in [3.63, 3.8) is 0 Å². The fourth-order valence-electron chi connectivity index (χ4n) is 1.55. The molecule has 0 spiro atoms. The van der Waals surface area contributed by atoms with Crippen LogP contribution >= 0.6 is 12.6 Å². The highest BCUT2D eigenvalue weighted by Crippen LogP contribution is 2.49. The average molecular weight is 229 g/mol. The Labute approximate surface area is 98.6 Å². The van der Waals surface area contributed by atoms with E-state index in [1.54, 1.807) is 0 Å². The van der Waals surface area contributed by atoms with Gasteiger partial charge in [0.1, 0.15) is 0 Å². The van der Waals surface area contributed by atoms with Gasteiger partial charge in [-0.15, -0.1) is 0 Å². The summed E-state index contributed by atoms with van der Waals surface area (Å²) in [5.74, 6) is 1.05. The third kappa shape index (κ3) is 4.92. The van der Waals surface area contributed by atoms with Crippen LogP contribution in [0, 0.1) is 10.8 Å². The van der Waals surface area contributed by atoms with E-state index >= 15 is 0 Å². The van der Waals surface area contributed by atoms with Gasteiger partial charge in [0.2, 0.25) is 5.91 Å². The first-order valence-corrected chi connectivity index (χ1v) is 6.38. The van der Waals surface area contributed by atoms with Crippen LogP contribution in [0.2, 0.25) is 0 Å². The Balaban J connectivity index is 2.14. The highest BCUT2D eigenvalue weighted by molar-refractivity contribution is 7.80. The molecule has 0 aromatic rings. The van der Waals surface area contributed by atoms with Crippen molar-refractivity contribution in [2.75, 3.05) is 12.3 Å². The van der Waals surface area contributed by atoms with Crippen molar-refractivity contribution in [1.29, 1.82) is 0 Å². The largest absolute Gasteiger partial charge is 0.356 e. The van der Waals surface area contributed by atoms with Crippen molar-refractivity contribution < 1.29 is 4.79 Å². The molecule has 0 aromatic heterocycles. The third-order valence-corrected chi connectivity index (χ3v) is 3.70. The molecule has 1 aliphatic rings. The predicted molar refractivity (Wildman–Crippen MR) is 67.2 cm³/mol. The first-order valence-electron chi connectivity index (χ1n) is 5.75. The monoisotopic (exact) mass is 229 g/mol. The molecule has 3 heteroatoms. The van der Waals surface area contributed by atoms with Crippen LogP contribution in [0.4, 0.5) is 0 Å². The van der Waals surface area contributed by atoms with Crippen molar-refractivity contribution >= 4 is 18.5 Å². The normalized spacial score (nSPS) is 18.7. The lowest BCUT2D eigenvalue weighted by Gasteiger charge is -2.18. The summed E-state index contributed by atoms with van der Waals surface area (Å²) in [4.78, 5) is 11.6. The Hall–Kier alpha value is -0.180. The first kappa shape index (κ1) is 12.9. The van der Waals surface area contributed by atoms with Crippen LogP contribution in [0.3, 0.4) is 0 Å². The first-order chi connectivity index (χ1) is 6.87. The number of carbonyl (C=O) groups is 1. The van der Waals surface area contributed by atoms with E-state index in [1.165, 1.54) is 12.8 Å². The van der Waals surface area contributed by atoms with Crippen molar-refractivity contribution in [3.8, 4) is 0 Å². The molecule has 1 aliphatic carbocycles. The maximum absolute atomic E-state index is 11.6. The zero-order valence-electron chi connectivity index (χ0n) is 10.1. The van der Waals surface area contributed by atoms with Gasteiger partial charge in [0.25, 0.3) is 0 Å². The highest BCUT2D eigenvalue weighted by Gasteiger charge is 2.42. The second-order valence-electron chi connectivity index (χ2n) is 6.00. The summed E-state index contributed by atoms with van der Waals surface area (Å²) in [5.41, 5.74) is 0.545. The summed E-state index contributed by atoms with van der Waals surface area (Å²) in [6.45, 7) is 7.37. The van der Waals surface area contributed by atoms with Crippen LogP contribution in [0.1, 0.15) is 46.5 Å². The number of hydrogen-bond donors (Lipinski definition) is 2. The molecular formula is C12H23NOS. The number of nitrogens with one attached hydrogen (secondary N) is 1. The Kier molecular flexibility index (Phi) is 4.10. The summed E-state index contributed by atoms with van der Waals surface area (Å²) < 4.78 is 0. The number of hydrogen-bond acceptors (Lipinski definition) is 2. The van der Waals surface area contributed by atoms with Gasteiger partial charge in [0.15, 0.2) is 0 Å². The minimum atomic E-state index is 0.200. The molecule has 0 heterocycles. The average Bonchev–Trinajstić information content (AvgIpc) is 2.83. The van der Waals surface area contributed by atoms with Crippen LogP contribution in [0.25, 0.3) is 0 Å². The second kappa shape index (κ2) is 4.77. The van der Waals surface area contributed by atoms with E-state index in [1.807, 2.05) is 0 Å². The Morgan fingerprint density at radius 3 is 2.40 bits per heavy atom. The third-order valence-electron chi connectivity index (χ3n) is 3.03. The van der Waals surface area contributed by atoms with Gasteiger partial charge in [-0.3, -0.25) is 4.79 Å². The molecule has 2 nitrogen and oxygen atoms in total. The van der Waals surface area contributed by atoms with E-state index in [4.69, 9.17) is 0 Å². The molecule has 0 aliphatic heterocycles. The maximum atomic E-state index is 11.6. The predicted octanol–water partition coefficient (Wildman–Crippen LogP) is 2.64. The van der Waals surface area contributed by atoms with Crippen molar-refractivity contribution in [2.24, 2.45) is 10.8 Å². The van der Waals surface area contributed by atoms with E-state index in [0.29, 0.717) is 11.8 Å². The molecule has 1 saturated carbocycles. The Morgan fingerprint density at radius 2 is 2.00 bits per heavy atom. The summed E-state index contributed by atoms with van der Waals surface area (Å²) in [6, 6.07) is 0. The van der Waals surface area contributed by atoms with Crippen LogP contribution in [0.15, 0.2) is 0 Å². The van der Waals surface area contributed by atoms with Gasteiger partial charge >= 0.3 is 0 Å². The molecule has 0 bridgehead atoms. The summed E-state index contributed by atoms with van der Waals surface area (Å²) in [7, 11) is 0. The van der Waals surface area contributed by atoms with Crippen LogP contribution in [-0.4, -0.2) is 18.2 Å². The van der Waals surface area contributed by atoms with Crippen LogP contribution in [0.5, 0.6) is 0 Å². The van der Waals surface area contributed by atoms with E-state index < -0.39 is 0 Å². The van der Waals surface area contributed by atoms with Gasteiger partial charge in [0.05, 0.1) is 0 Å². The second-order valence-corrected chi connectivity index (χ2v) is 6.31. The zero-order chi connectivity index (χ0) is 11.5. The number of amides is 1. The molecule has 1 rings (SSSR count). The van der Waals surface area contributed by atoms with E-state index in [2.05, 4.69) is 38.7 Å². The Morgan fingerprint density at radius 1 is 1.40 bits per heavy atom. The number of rotatable bonds is 5. The smallest absolute Gasteiger partial charge is 0.220 e. The molecule has 0 radical (unpaired) electrons. The minimum absolute atomic E-state index is 0.200. The molecule has 0 atom stereocenters. The van der Waals surface area contributed by atoms with Crippen LogP contribution in [-0.2, 0) is 4.79 Å². The minimum Gasteiger partial charge on any atom is -0.356 e. The summed E-state index contributed by atoms with van der Waals surface area (Å²) >= 11 is 4.30. The molecular weight excluding hydrogens is 206 g/mol. The molecule has 15 heavy (non-hydrogen) atoms. The number of carbonyl (C=O) groups excluding carboxylic acids is 1. The van der Waals surface area contributed by atoms with E-state index in [9.17, 15) is 4.79 Å². The van der Waals surface area contributed by atoms with Crippen molar-refractivity contribution in [1.82, 2.24) is 5.32 Å². The molecule has 0 unspecified atom stereocenters. The lowest BCUT2D eigenvalue weighted by Crippen LogP contribution is -2.29. The maximum Gasteiger partial charge on any atom is 0.220 e. The standard InChI is InChI=1S/C12H23NOS/c1-11(2,3)6-7-13-10(14)8-12(9-15)4-5-12/h15H,4-9H2,1-3H3,(H,13,14). The fourth-order valence-corrected chi connectivity index (χ4v) is 1.98. The lowest BCUT2D eigenvalue weighted by atomic mass is 9.92. The highest BCUT2D eigenvalue weighted by atomic mass is 32.1. The lowest BCUT2D eigenvalue weighted by molar-refractivity contribution is -0.122. The summed E-state index contributed by atoms with van der Waals surface area (Å²) in [5, 5.41) is 3.00. The van der Waals surface area contributed by atoms with Gasteiger partial charge in [0, 0.05) is 13.0 Å². The SMILES string of the molecule is CC(C)(C)CCNC(=O)CC1(CS)CC1. The molecule has 1 fully saturated rings. The van der Waals surface area contributed by atoms with Gasteiger partial charge in [-0.05, 0) is 35.8 Å². The van der Waals surface area contributed by atoms with Gasteiger partial charge in [-0.1, -0.05) is 20.8 Å².